The number of benzene rings is 1. The van der Waals surface area contributed by atoms with Crippen molar-refractivity contribution in [3.05, 3.63) is 23.8 Å². The van der Waals surface area contributed by atoms with Crippen LogP contribution in [0.15, 0.2) is 18.2 Å². The molecule has 6 nitrogen and oxygen atoms in total. The molecule has 0 unspecified atom stereocenters. The van der Waals surface area contributed by atoms with E-state index in [2.05, 4.69) is 15.7 Å². The molecule has 2 aliphatic heterocycles. The molecule has 20 heavy (non-hydrogen) atoms. The lowest BCUT2D eigenvalue weighted by molar-refractivity contribution is 0.122. The van der Waals surface area contributed by atoms with Crippen LogP contribution in [0.4, 0.5) is 11.4 Å². The lowest BCUT2D eigenvalue weighted by atomic mass is 10.1. The highest BCUT2D eigenvalue weighted by molar-refractivity contribution is 7.90. The number of ether oxygens (including phenoxy) is 1. The monoisotopic (exact) mass is 297 g/mol. The summed E-state index contributed by atoms with van der Waals surface area (Å²) in [6.45, 7) is 3.63. The van der Waals surface area contributed by atoms with Crippen molar-refractivity contribution < 1.29 is 13.2 Å². The van der Waals surface area contributed by atoms with E-state index < -0.39 is 10.2 Å². The number of nitrogens with one attached hydrogen (secondary N) is 1. The number of hydrogen-bond donors (Lipinski definition) is 1. The van der Waals surface area contributed by atoms with Gasteiger partial charge in [-0.1, -0.05) is 6.07 Å². The molecule has 3 rings (SSSR count). The van der Waals surface area contributed by atoms with Gasteiger partial charge in [-0.3, -0.25) is 4.31 Å². The minimum atomic E-state index is -3.42. The van der Waals surface area contributed by atoms with Gasteiger partial charge in [0.05, 0.1) is 18.9 Å². The van der Waals surface area contributed by atoms with Crippen LogP contribution in [0.2, 0.25) is 0 Å². The van der Waals surface area contributed by atoms with Gasteiger partial charge >= 0.3 is 10.2 Å². The first-order valence-electron chi connectivity index (χ1n) is 6.78. The molecule has 1 aromatic carbocycles. The van der Waals surface area contributed by atoms with E-state index in [1.54, 1.807) is 0 Å². The molecule has 0 saturated carbocycles. The molecule has 0 amide bonds. The molecular formula is C13H19N3O3S. The molecule has 0 spiro atoms. The number of morpholine rings is 1. The summed E-state index contributed by atoms with van der Waals surface area (Å²) >= 11 is 0. The first-order chi connectivity index (χ1) is 9.62. The molecule has 1 aromatic rings. The van der Waals surface area contributed by atoms with E-state index in [1.165, 1.54) is 11.4 Å². The predicted octanol–water partition coefficient (Wildman–Crippen LogP) is 0.350. The number of hydrogen-bond acceptors (Lipinski definition) is 4. The maximum Gasteiger partial charge on any atom is 0.301 e. The van der Waals surface area contributed by atoms with Gasteiger partial charge in [-0.2, -0.15) is 8.42 Å². The van der Waals surface area contributed by atoms with E-state index in [1.807, 2.05) is 12.1 Å². The van der Waals surface area contributed by atoms with Crippen LogP contribution >= 0.6 is 0 Å². The fourth-order valence-electron chi connectivity index (χ4n) is 2.72. The van der Waals surface area contributed by atoms with Gasteiger partial charge in [0.25, 0.3) is 0 Å². The molecule has 1 saturated heterocycles. The van der Waals surface area contributed by atoms with Crippen molar-refractivity contribution in [1.82, 2.24) is 4.72 Å². The van der Waals surface area contributed by atoms with E-state index in [0.29, 0.717) is 6.54 Å². The van der Waals surface area contributed by atoms with E-state index in [0.717, 1.165) is 49.7 Å². The van der Waals surface area contributed by atoms with Crippen molar-refractivity contribution >= 4 is 21.6 Å². The van der Waals surface area contributed by atoms with E-state index >= 15 is 0 Å². The van der Waals surface area contributed by atoms with Crippen LogP contribution in [0.3, 0.4) is 0 Å². The summed E-state index contributed by atoms with van der Waals surface area (Å²) in [5, 5.41) is 0. The third kappa shape index (κ3) is 2.36. The van der Waals surface area contributed by atoms with Crippen LogP contribution in [-0.2, 0) is 21.4 Å². The van der Waals surface area contributed by atoms with E-state index in [4.69, 9.17) is 4.74 Å². The Labute approximate surface area is 119 Å². The zero-order valence-electron chi connectivity index (χ0n) is 11.5. The van der Waals surface area contributed by atoms with Crippen LogP contribution in [0.1, 0.15) is 5.56 Å². The van der Waals surface area contributed by atoms with Crippen molar-refractivity contribution in [3.8, 4) is 0 Å². The van der Waals surface area contributed by atoms with E-state index in [9.17, 15) is 8.42 Å². The zero-order valence-corrected chi connectivity index (χ0v) is 12.3. The van der Waals surface area contributed by atoms with Gasteiger partial charge in [0.15, 0.2) is 0 Å². The van der Waals surface area contributed by atoms with Gasteiger partial charge in [-0.15, -0.1) is 0 Å². The van der Waals surface area contributed by atoms with Gasteiger partial charge in [-0.05, 0) is 24.1 Å². The molecule has 0 radical (unpaired) electrons. The first-order valence-corrected chi connectivity index (χ1v) is 8.22. The second-order valence-corrected chi connectivity index (χ2v) is 6.74. The zero-order chi connectivity index (χ0) is 14.2. The SMILES string of the molecule is CNS(=O)(=O)N1CCc2ccc(N3CCOCC3)cc21. The average Bonchev–Trinajstić information content (AvgIpc) is 2.92. The molecule has 0 atom stereocenters. The Morgan fingerprint density at radius 1 is 1.20 bits per heavy atom. The maximum absolute atomic E-state index is 12.0. The first kappa shape index (κ1) is 13.7. The molecule has 7 heteroatoms. The van der Waals surface area contributed by atoms with E-state index in [-0.39, 0.29) is 0 Å². The summed E-state index contributed by atoms with van der Waals surface area (Å²) in [6.07, 6.45) is 0.764. The van der Waals surface area contributed by atoms with Crippen molar-refractivity contribution in [2.75, 3.05) is 49.1 Å². The maximum atomic E-state index is 12.0. The van der Waals surface area contributed by atoms with Crippen LogP contribution < -0.4 is 13.9 Å². The smallest absolute Gasteiger partial charge is 0.301 e. The van der Waals surface area contributed by atoms with Crippen molar-refractivity contribution in [3.63, 3.8) is 0 Å². The van der Waals surface area contributed by atoms with Crippen LogP contribution in [-0.4, -0.2) is 48.3 Å². The molecular weight excluding hydrogens is 278 g/mol. The highest BCUT2D eigenvalue weighted by atomic mass is 32.2. The molecule has 2 aliphatic rings. The fraction of sp³-hybridized carbons (Fsp3) is 0.538. The summed E-state index contributed by atoms with van der Waals surface area (Å²) in [6, 6.07) is 6.08. The van der Waals surface area contributed by atoms with Gasteiger partial charge in [-0.25, -0.2) is 4.72 Å². The average molecular weight is 297 g/mol. The molecule has 0 bridgehead atoms. The lowest BCUT2D eigenvalue weighted by Gasteiger charge is -2.29. The molecule has 2 heterocycles. The summed E-state index contributed by atoms with van der Waals surface area (Å²) in [4.78, 5) is 2.23. The number of rotatable bonds is 3. The third-order valence-corrected chi connectivity index (χ3v) is 5.32. The van der Waals surface area contributed by atoms with Gasteiger partial charge in [0.1, 0.15) is 0 Å². The number of nitrogens with zero attached hydrogens (tertiary/aromatic N) is 2. The Bertz CT molecular complexity index is 597. The molecule has 0 aliphatic carbocycles. The third-order valence-electron chi connectivity index (χ3n) is 3.85. The topological polar surface area (TPSA) is 61.9 Å². The molecule has 1 fully saturated rings. The summed E-state index contributed by atoms with van der Waals surface area (Å²) in [7, 11) is -1.98. The van der Waals surface area contributed by atoms with Crippen LogP contribution in [0.25, 0.3) is 0 Å². The van der Waals surface area contributed by atoms with Crippen LogP contribution in [0, 0.1) is 0 Å². The largest absolute Gasteiger partial charge is 0.378 e. The second-order valence-electron chi connectivity index (χ2n) is 4.94. The Hall–Kier alpha value is -1.31. The number of fused-ring (bicyclic) bond motifs is 1. The fourth-order valence-corrected chi connectivity index (χ4v) is 3.70. The standard InChI is InChI=1S/C13H19N3O3S/c1-14-20(17,18)16-5-4-11-2-3-12(10-13(11)16)15-6-8-19-9-7-15/h2-3,10,14H,4-9H2,1H3. The Morgan fingerprint density at radius 3 is 2.65 bits per heavy atom. The van der Waals surface area contributed by atoms with Gasteiger partial charge < -0.3 is 9.64 Å². The quantitative estimate of drug-likeness (QED) is 0.874. The minimum absolute atomic E-state index is 0.505. The lowest BCUT2D eigenvalue weighted by Crippen LogP contribution is -2.38. The second kappa shape index (κ2) is 5.23. The van der Waals surface area contributed by atoms with Gasteiger partial charge in [0.2, 0.25) is 0 Å². The molecule has 1 N–H and O–H groups in total. The minimum Gasteiger partial charge on any atom is -0.378 e. The van der Waals surface area contributed by atoms with Crippen molar-refractivity contribution in [2.45, 2.75) is 6.42 Å². The Kier molecular flexibility index (Phi) is 3.57. The highest BCUT2D eigenvalue weighted by Gasteiger charge is 2.29. The summed E-state index contributed by atoms with van der Waals surface area (Å²) in [5.74, 6) is 0. The Balaban J connectivity index is 1.93. The Morgan fingerprint density at radius 2 is 1.95 bits per heavy atom. The highest BCUT2D eigenvalue weighted by Crippen LogP contribution is 2.33. The summed E-state index contributed by atoms with van der Waals surface area (Å²) < 4.78 is 33.3. The summed E-state index contributed by atoms with van der Waals surface area (Å²) in [5.41, 5.74) is 2.94. The normalized spacial score (nSPS) is 19.2. The van der Waals surface area contributed by atoms with Crippen molar-refractivity contribution in [1.29, 1.82) is 0 Å². The van der Waals surface area contributed by atoms with Gasteiger partial charge in [0, 0.05) is 32.4 Å². The molecule has 110 valence electrons. The molecule has 0 aromatic heterocycles. The number of anilines is 2. The van der Waals surface area contributed by atoms with Crippen molar-refractivity contribution in [2.24, 2.45) is 0 Å². The van der Waals surface area contributed by atoms with Crippen LogP contribution in [0.5, 0.6) is 0 Å². The predicted molar refractivity (Wildman–Crippen MR) is 78.5 cm³/mol.